The highest BCUT2D eigenvalue weighted by atomic mass is 35.5. The van der Waals surface area contributed by atoms with Gasteiger partial charge in [-0.2, -0.15) is 0 Å². The van der Waals surface area contributed by atoms with Crippen molar-refractivity contribution in [3.8, 4) is 5.75 Å². The van der Waals surface area contributed by atoms with Gasteiger partial charge in [0.1, 0.15) is 16.7 Å². The minimum absolute atomic E-state index is 0.0908. The van der Waals surface area contributed by atoms with Gasteiger partial charge in [-0.3, -0.25) is 9.52 Å². The molecule has 7 atom stereocenters. The Balaban J connectivity index is 0.00000135. The zero-order chi connectivity index (χ0) is 31.1. The zero-order valence-electron chi connectivity index (χ0n) is 26.1. The first-order valence-corrected chi connectivity index (χ1v) is 17.0. The van der Waals surface area contributed by atoms with Gasteiger partial charge in [0.25, 0.3) is 5.91 Å². The van der Waals surface area contributed by atoms with Gasteiger partial charge in [-0.05, 0) is 91.8 Å². The SMILES string of the molecule is CCCc1cc(Cl)ccc1C1COc2ccc3cc2N(C1)CC1CCC1C(O)/C=C/CC(C)C(C)S(=O)NC3=O.COC. The number of hydrogen-bond donors (Lipinski definition) is 2. The van der Waals surface area contributed by atoms with Gasteiger partial charge in [-0.15, -0.1) is 0 Å². The predicted molar refractivity (Wildman–Crippen MR) is 175 cm³/mol. The average molecular weight is 631 g/mol. The fourth-order valence-corrected chi connectivity index (χ4v) is 7.44. The molecule has 2 aromatic carbocycles. The molecule has 1 fully saturated rings. The topological polar surface area (TPSA) is 88.1 Å². The van der Waals surface area contributed by atoms with E-state index in [2.05, 4.69) is 33.4 Å². The van der Waals surface area contributed by atoms with E-state index in [9.17, 15) is 14.1 Å². The van der Waals surface area contributed by atoms with Crippen molar-refractivity contribution < 1.29 is 23.6 Å². The predicted octanol–water partition coefficient (Wildman–Crippen LogP) is 6.30. The van der Waals surface area contributed by atoms with E-state index in [4.69, 9.17) is 16.3 Å². The van der Waals surface area contributed by atoms with E-state index in [-0.39, 0.29) is 28.9 Å². The summed E-state index contributed by atoms with van der Waals surface area (Å²) in [6, 6.07) is 11.7. The number of halogens is 1. The van der Waals surface area contributed by atoms with Crippen LogP contribution in [0.4, 0.5) is 5.69 Å². The molecule has 2 bridgehead atoms. The maximum atomic E-state index is 13.2. The molecule has 7 nitrogen and oxygen atoms in total. The van der Waals surface area contributed by atoms with Crippen LogP contribution in [0.15, 0.2) is 48.6 Å². The third kappa shape index (κ3) is 8.21. The van der Waals surface area contributed by atoms with Crippen molar-refractivity contribution in [1.29, 1.82) is 0 Å². The number of anilines is 1. The van der Waals surface area contributed by atoms with Crippen molar-refractivity contribution in [1.82, 2.24) is 4.72 Å². The Morgan fingerprint density at radius 2 is 1.91 bits per heavy atom. The third-order valence-corrected chi connectivity index (χ3v) is 10.8. The smallest absolute Gasteiger partial charge is 0.263 e. The number of carbonyl (C=O) groups is 1. The molecule has 2 N–H and O–H groups in total. The quantitative estimate of drug-likeness (QED) is 0.387. The lowest BCUT2D eigenvalue weighted by Crippen LogP contribution is -2.44. The molecule has 1 amide bonds. The van der Waals surface area contributed by atoms with Crippen LogP contribution in [0.5, 0.6) is 5.75 Å². The highest BCUT2D eigenvalue weighted by molar-refractivity contribution is 7.84. The molecule has 3 aliphatic rings. The lowest BCUT2D eigenvalue weighted by atomic mass is 9.70. The van der Waals surface area contributed by atoms with E-state index in [1.54, 1.807) is 20.3 Å². The third-order valence-electron chi connectivity index (χ3n) is 9.05. The standard InChI is InChI=1S/C32H41ClN2O4S.C2H6O/c1-4-6-22-15-26(33)11-13-27(22)25-18-35-17-24-9-12-28(24)30(36)8-5-7-20(2)21(3)40(38)34-32(37)23-10-14-31(39-19-25)29(35)16-23;1-3-2/h5,8,10-11,13-16,20-21,24-25,28,30,36H,4,6-7,9,12,17-19H2,1-3H3,(H,34,37);1-2H3/b8-5+;. The molecule has 236 valence electrons. The Morgan fingerprint density at radius 1 is 1.14 bits per heavy atom. The van der Waals surface area contributed by atoms with Gasteiger partial charge in [0.2, 0.25) is 0 Å². The largest absolute Gasteiger partial charge is 0.491 e. The van der Waals surface area contributed by atoms with E-state index in [1.807, 2.05) is 44.2 Å². The lowest BCUT2D eigenvalue weighted by molar-refractivity contribution is 0.0461. The van der Waals surface area contributed by atoms with Crippen LogP contribution in [0.2, 0.25) is 5.02 Å². The first-order chi connectivity index (χ1) is 20.7. The van der Waals surface area contributed by atoms with Gasteiger partial charge < -0.3 is 19.5 Å². The number of amides is 1. The number of carbonyl (C=O) groups excluding carboxylic acids is 1. The maximum absolute atomic E-state index is 13.2. The van der Waals surface area contributed by atoms with Crippen molar-refractivity contribution in [3.05, 3.63) is 70.3 Å². The summed E-state index contributed by atoms with van der Waals surface area (Å²) >= 11 is 6.38. The molecule has 9 heteroatoms. The molecule has 5 rings (SSSR count). The summed E-state index contributed by atoms with van der Waals surface area (Å²) in [7, 11) is 1.72. The van der Waals surface area contributed by atoms with Crippen LogP contribution in [0.25, 0.3) is 0 Å². The van der Waals surface area contributed by atoms with Crippen molar-refractivity contribution in [3.63, 3.8) is 0 Å². The number of fused-ring (bicyclic) bond motifs is 2. The van der Waals surface area contributed by atoms with Crippen molar-refractivity contribution >= 4 is 34.2 Å². The second-order valence-electron chi connectivity index (χ2n) is 12.2. The number of aryl methyl sites for hydroxylation is 1. The second kappa shape index (κ2) is 15.6. The number of benzene rings is 2. The van der Waals surface area contributed by atoms with E-state index in [0.29, 0.717) is 24.5 Å². The highest BCUT2D eigenvalue weighted by Gasteiger charge is 2.38. The average Bonchev–Trinajstić information content (AvgIpc) is 3.14. The van der Waals surface area contributed by atoms with Crippen LogP contribution < -0.4 is 14.4 Å². The number of nitrogens with one attached hydrogen (secondary N) is 1. The van der Waals surface area contributed by atoms with E-state index >= 15 is 0 Å². The maximum Gasteiger partial charge on any atom is 0.263 e. The zero-order valence-corrected chi connectivity index (χ0v) is 27.6. The van der Waals surface area contributed by atoms with Gasteiger partial charge in [0, 0.05) is 43.8 Å². The Labute approximate surface area is 264 Å². The molecule has 2 aromatic rings. The summed E-state index contributed by atoms with van der Waals surface area (Å²) in [5, 5.41) is 11.6. The van der Waals surface area contributed by atoms with Gasteiger partial charge >= 0.3 is 0 Å². The molecular weight excluding hydrogens is 584 g/mol. The monoisotopic (exact) mass is 630 g/mol. The molecule has 7 unspecified atom stereocenters. The van der Waals surface area contributed by atoms with Crippen molar-refractivity contribution in [2.45, 2.75) is 70.1 Å². The van der Waals surface area contributed by atoms with Gasteiger partial charge in [0.15, 0.2) is 0 Å². The molecule has 0 saturated heterocycles. The minimum atomic E-state index is -1.53. The number of aliphatic hydroxyl groups is 1. The van der Waals surface area contributed by atoms with Crippen LogP contribution >= 0.6 is 11.6 Å². The summed E-state index contributed by atoms with van der Waals surface area (Å²) in [4.78, 5) is 15.6. The number of allylic oxidation sites excluding steroid dienone is 1. The van der Waals surface area contributed by atoms with Gasteiger partial charge in [-0.25, -0.2) is 4.21 Å². The fraction of sp³-hybridized carbons (Fsp3) is 0.559. The fourth-order valence-electron chi connectivity index (χ4n) is 6.23. The van der Waals surface area contributed by atoms with Crippen molar-refractivity contribution in [2.75, 3.05) is 38.8 Å². The Morgan fingerprint density at radius 3 is 2.60 bits per heavy atom. The first kappa shape index (κ1) is 33.5. The number of ether oxygens (including phenoxy) is 2. The number of aliphatic hydroxyl groups excluding tert-OH is 1. The second-order valence-corrected chi connectivity index (χ2v) is 14.1. The molecule has 43 heavy (non-hydrogen) atoms. The molecule has 0 aromatic heterocycles. The molecular formula is C34H47ClN2O5S. The van der Waals surface area contributed by atoms with Gasteiger partial charge in [0.05, 0.1) is 23.6 Å². The van der Waals surface area contributed by atoms with Crippen LogP contribution in [0.3, 0.4) is 0 Å². The van der Waals surface area contributed by atoms with Crippen molar-refractivity contribution in [2.24, 2.45) is 17.8 Å². The van der Waals surface area contributed by atoms with Crippen LogP contribution in [-0.4, -0.2) is 60.5 Å². The summed E-state index contributed by atoms with van der Waals surface area (Å²) in [6.45, 7) is 8.11. The highest BCUT2D eigenvalue weighted by Crippen LogP contribution is 2.42. The Hall–Kier alpha value is -2.39. The molecule has 1 aliphatic carbocycles. The van der Waals surface area contributed by atoms with Crippen LogP contribution in [-0.2, 0) is 22.1 Å². The first-order valence-electron chi connectivity index (χ1n) is 15.4. The lowest BCUT2D eigenvalue weighted by Gasteiger charge is -2.42. The van der Waals surface area contributed by atoms with Crippen LogP contribution in [0.1, 0.15) is 73.9 Å². The summed E-state index contributed by atoms with van der Waals surface area (Å²) in [5.74, 6) is 1.13. The van der Waals surface area contributed by atoms with E-state index in [1.165, 1.54) is 11.1 Å². The summed E-state index contributed by atoms with van der Waals surface area (Å²) in [5.41, 5.74) is 3.83. The number of nitrogens with zero attached hydrogens (tertiary/aromatic N) is 1. The van der Waals surface area contributed by atoms with E-state index < -0.39 is 17.1 Å². The molecule has 1 saturated carbocycles. The summed E-state index contributed by atoms with van der Waals surface area (Å²) < 4.78 is 26.4. The molecule has 2 aliphatic heterocycles. The molecule has 2 heterocycles. The van der Waals surface area contributed by atoms with Crippen LogP contribution in [0, 0.1) is 17.8 Å². The minimum Gasteiger partial charge on any atom is -0.491 e. The molecule has 0 radical (unpaired) electrons. The number of rotatable bonds is 3. The number of hydrogen-bond acceptors (Lipinski definition) is 6. The number of methoxy groups -OCH3 is 1. The van der Waals surface area contributed by atoms with E-state index in [0.717, 1.165) is 55.2 Å². The Kier molecular flexibility index (Phi) is 12.1. The normalized spacial score (nSPS) is 29.9. The Bertz CT molecular complexity index is 1300. The van der Waals surface area contributed by atoms with Gasteiger partial charge in [-0.1, -0.05) is 50.1 Å². The summed E-state index contributed by atoms with van der Waals surface area (Å²) in [6.07, 6.45) is 8.14. The molecule has 0 spiro atoms.